The van der Waals surface area contributed by atoms with E-state index in [1.165, 1.54) is 24.0 Å². The SMILES string of the molecule is CC(NCC1CCCC1CO)c1nc2ccccc2s1. The fraction of sp³-hybridized carbons (Fsp3) is 0.562. The molecule has 0 bridgehead atoms. The van der Waals surface area contributed by atoms with Crippen LogP contribution < -0.4 is 5.32 Å². The predicted octanol–water partition coefficient (Wildman–Crippen LogP) is 3.36. The van der Waals surface area contributed by atoms with Crippen molar-refractivity contribution in [3.05, 3.63) is 29.3 Å². The van der Waals surface area contributed by atoms with Crippen molar-refractivity contribution in [3.63, 3.8) is 0 Å². The highest BCUT2D eigenvalue weighted by Crippen LogP contribution is 2.32. The first-order valence-corrected chi connectivity index (χ1v) is 8.29. The minimum absolute atomic E-state index is 0.285. The maximum atomic E-state index is 9.38. The first-order chi connectivity index (χ1) is 9.78. The molecular formula is C16H22N2OS. The fourth-order valence-electron chi connectivity index (χ4n) is 3.11. The summed E-state index contributed by atoms with van der Waals surface area (Å²) in [5.74, 6) is 1.11. The van der Waals surface area contributed by atoms with Gasteiger partial charge in [-0.1, -0.05) is 18.6 Å². The van der Waals surface area contributed by atoms with Crippen molar-refractivity contribution in [2.45, 2.75) is 32.2 Å². The zero-order valence-electron chi connectivity index (χ0n) is 11.9. The zero-order valence-corrected chi connectivity index (χ0v) is 12.7. The molecular weight excluding hydrogens is 268 g/mol. The third-order valence-corrected chi connectivity index (χ3v) is 5.64. The van der Waals surface area contributed by atoms with Gasteiger partial charge in [0, 0.05) is 6.61 Å². The van der Waals surface area contributed by atoms with Crippen LogP contribution in [0.2, 0.25) is 0 Å². The number of aliphatic hydroxyl groups is 1. The first-order valence-electron chi connectivity index (χ1n) is 7.47. The van der Waals surface area contributed by atoms with Gasteiger partial charge in [-0.15, -0.1) is 11.3 Å². The van der Waals surface area contributed by atoms with Gasteiger partial charge in [0.15, 0.2) is 0 Å². The lowest BCUT2D eigenvalue weighted by atomic mass is 9.97. The smallest absolute Gasteiger partial charge is 0.111 e. The highest BCUT2D eigenvalue weighted by atomic mass is 32.1. The van der Waals surface area contributed by atoms with Gasteiger partial charge in [-0.2, -0.15) is 0 Å². The Morgan fingerprint density at radius 2 is 2.15 bits per heavy atom. The lowest BCUT2D eigenvalue weighted by Gasteiger charge is -2.20. The van der Waals surface area contributed by atoms with E-state index in [-0.39, 0.29) is 6.04 Å². The van der Waals surface area contributed by atoms with Crippen molar-refractivity contribution in [2.24, 2.45) is 11.8 Å². The number of nitrogens with zero attached hydrogens (tertiary/aromatic N) is 1. The molecule has 1 aliphatic carbocycles. The number of hydrogen-bond donors (Lipinski definition) is 2. The molecule has 0 aliphatic heterocycles. The highest BCUT2D eigenvalue weighted by molar-refractivity contribution is 7.18. The van der Waals surface area contributed by atoms with E-state index in [1.54, 1.807) is 11.3 Å². The van der Waals surface area contributed by atoms with Gasteiger partial charge >= 0.3 is 0 Å². The lowest BCUT2D eigenvalue weighted by Crippen LogP contribution is -2.28. The second kappa shape index (κ2) is 6.20. The molecule has 1 heterocycles. The fourth-order valence-corrected chi connectivity index (χ4v) is 4.11. The molecule has 0 amide bonds. The van der Waals surface area contributed by atoms with Crippen molar-refractivity contribution in [1.82, 2.24) is 10.3 Å². The zero-order chi connectivity index (χ0) is 13.9. The number of para-hydroxylation sites is 1. The summed E-state index contributed by atoms with van der Waals surface area (Å²) in [5, 5.41) is 14.1. The van der Waals surface area contributed by atoms with Gasteiger partial charge in [0.1, 0.15) is 5.01 Å². The summed E-state index contributed by atoms with van der Waals surface area (Å²) in [5.41, 5.74) is 1.09. The number of aromatic nitrogens is 1. The largest absolute Gasteiger partial charge is 0.396 e. The van der Waals surface area contributed by atoms with Crippen LogP contribution in [0, 0.1) is 11.8 Å². The predicted molar refractivity (Wildman–Crippen MR) is 84.0 cm³/mol. The minimum atomic E-state index is 0.285. The van der Waals surface area contributed by atoms with E-state index in [0.717, 1.165) is 17.1 Å². The van der Waals surface area contributed by atoms with E-state index in [1.807, 2.05) is 6.07 Å². The molecule has 4 heteroatoms. The Labute approximate surface area is 124 Å². The molecule has 20 heavy (non-hydrogen) atoms. The molecule has 2 aromatic rings. The van der Waals surface area contributed by atoms with Crippen LogP contribution in [0.15, 0.2) is 24.3 Å². The standard InChI is InChI=1S/C16H22N2OS/c1-11(17-9-12-5-4-6-13(12)10-19)16-18-14-7-2-3-8-15(14)20-16/h2-3,7-8,11-13,17,19H,4-6,9-10H2,1H3. The molecule has 108 valence electrons. The summed E-state index contributed by atoms with van der Waals surface area (Å²) >= 11 is 1.77. The van der Waals surface area contributed by atoms with Crippen LogP contribution >= 0.6 is 11.3 Å². The summed E-state index contributed by atoms with van der Waals surface area (Å²) < 4.78 is 1.25. The molecule has 1 aromatic heterocycles. The molecule has 3 rings (SSSR count). The molecule has 1 fully saturated rings. The van der Waals surface area contributed by atoms with E-state index in [4.69, 9.17) is 4.98 Å². The van der Waals surface area contributed by atoms with Gasteiger partial charge in [-0.05, 0) is 50.3 Å². The second-order valence-corrected chi connectivity index (χ2v) is 6.85. The highest BCUT2D eigenvalue weighted by Gasteiger charge is 2.26. The number of aliphatic hydroxyl groups excluding tert-OH is 1. The molecule has 3 nitrogen and oxygen atoms in total. The summed E-state index contributed by atoms with van der Waals surface area (Å²) in [6.45, 7) is 3.50. The summed E-state index contributed by atoms with van der Waals surface area (Å²) in [4.78, 5) is 4.70. The van der Waals surface area contributed by atoms with Gasteiger partial charge in [0.05, 0.1) is 16.3 Å². The van der Waals surface area contributed by atoms with Crippen LogP contribution in [-0.4, -0.2) is 23.2 Å². The van der Waals surface area contributed by atoms with Gasteiger partial charge in [-0.25, -0.2) is 4.98 Å². The molecule has 0 spiro atoms. The average Bonchev–Trinajstić information content (AvgIpc) is 3.10. The van der Waals surface area contributed by atoms with Gasteiger partial charge in [0.25, 0.3) is 0 Å². The minimum Gasteiger partial charge on any atom is -0.396 e. The molecule has 1 saturated carbocycles. The van der Waals surface area contributed by atoms with Crippen LogP contribution in [0.25, 0.3) is 10.2 Å². The van der Waals surface area contributed by atoms with Crippen LogP contribution in [-0.2, 0) is 0 Å². The first kappa shape index (κ1) is 14.0. The Balaban J connectivity index is 1.62. The maximum Gasteiger partial charge on any atom is 0.111 e. The summed E-state index contributed by atoms with van der Waals surface area (Å²) in [6.07, 6.45) is 3.68. The van der Waals surface area contributed by atoms with Crippen LogP contribution in [0.4, 0.5) is 0 Å². The quantitative estimate of drug-likeness (QED) is 0.887. The monoisotopic (exact) mass is 290 g/mol. The van der Waals surface area contributed by atoms with Crippen LogP contribution in [0.3, 0.4) is 0 Å². The Morgan fingerprint density at radius 1 is 1.35 bits per heavy atom. The Morgan fingerprint density at radius 3 is 2.95 bits per heavy atom. The third-order valence-electron chi connectivity index (χ3n) is 4.42. The van der Waals surface area contributed by atoms with Crippen molar-refractivity contribution in [3.8, 4) is 0 Å². The second-order valence-electron chi connectivity index (χ2n) is 5.78. The van der Waals surface area contributed by atoms with Gasteiger partial charge < -0.3 is 10.4 Å². The number of rotatable bonds is 5. The molecule has 2 N–H and O–H groups in total. The van der Waals surface area contributed by atoms with Crippen LogP contribution in [0.5, 0.6) is 0 Å². The van der Waals surface area contributed by atoms with Crippen molar-refractivity contribution >= 4 is 21.6 Å². The molecule has 3 atom stereocenters. The number of nitrogens with one attached hydrogen (secondary N) is 1. The number of benzene rings is 1. The van der Waals surface area contributed by atoms with Crippen molar-refractivity contribution < 1.29 is 5.11 Å². The topological polar surface area (TPSA) is 45.1 Å². The van der Waals surface area contributed by atoms with E-state index in [0.29, 0.717) is 18.4 Å². The van der Waals surface area contributed by atoms with E-state index in [9.17, 15) is 5.11 Å². The summed E-state index contributed by atoms with van der Waals surface area (Å²) in [6, 6.07) is 8.58. The van der Waals surface area contributed by atoms with E-state index in [2.05, 4.69) is 30.4 Å². The molecule has 3 unspecified atom stereocenters. The lowest BCUT2D eigenvalue weighted by molar-refractivity contribution is 0.190. The van der Waals surface area contributed by atoms with Crippen molar-refractivity contribution in [1.29, 1.82) is 0 Å². The Hall–Kier alpha value is -0.970. The Kier molecular flexibility index (Phi) is 4.34. The average molecular weight is 290 g/mol. The molecule has 1 aliphatic rings. The van der Waals surface area contributed by atoms with Crippen LogP contribution in [0.1, 0.15) is 37.2 Å². The number of hydrogen-bond acceptors (Lipinski definition) is 4. The Bertz CT molecular complexity index is 535. The molecule has 0 radical (unpaired) electrons. The molecule has 0 saturated heterocycles. The number of thiazole rings is 1. The van der Waals surface area contributed by atoms with Gasteiger partial charge in [0.2, 0.25) is 0 Å². The van der Waals surface area contributed by atoms with E-state index >= 15 is 0 Å². The normalized spacial score (nSPS) is 24.3. The molecule has 1 aromatic carbocycles. The van der Waals surface area contributed by atoms with E-state index < -0.39 is 0 Å². The third kappa shape index (κ3) is 2.87. The van der Waals surface area contributed by atoms with Gasteiger partial charge in [-0.3, -0.25) is 0 Å². The summed E-state index contributed by atoms with van der Waals surface area (Å²) in [7, 11) is 0. The maximum absolute atomic E-state index is 9.38. The number of fused-ring (bicyclic) bond motifs is 1. The van der Waals surface area contributed by atoms with Crippen molar-refractivity contribution in [2.75, 3.05) is 13.2 Å².